The molecule has 0 saturated heterocycles. The molecule has 0 bridgehead atoms. The lowest BCUT2D eigenvalue weighted by Crippen LogP contribution is -2.03. The highest BCUT2D eigenvalue weighted by molar-refractivity contribution is 9.10. The van der Waals surface area contributed by atoms with Crippen LogP contribution >= 0.6 is 15.9 Å². The number of aryl methyl sites for hydroxylation is 1. The van der Waals surface area contributed by atoms with Gasteiger partial charge in [0.1, 0.15) is 6.61 Å². The summed E-state index contributed by atoms with van der Waals surface area (Å²) in [7, 11) is 0. The Balaban J connectivity index is 1.66. The molecular formula is C23H24BrNO2. The maximum absolute atomic E-state index is 6.00. The Hall–Kier alpha value is -2.46. The summed E-state index contributed by atoms with van der Waals surface area (Å²) in [6.45, 7) is 5.91. The number of halogens is 1. The molecule has 3 aromatic carbocycles. The molecule has 0 unspecified atom stereocenters. The van der Waals surface area contributed by atoms with Crippen LogP contribution in [0.15, 0.2) is 71.2 Å². The van der Waals surface area contributed by atoms with E-state index in [9.17, 15) is 0 Å². The van der Waals surface area contributed by atoms with E-state index < -0.39 is 0 Å². The molecule has 3 aromatic rings. The second kappa shape index (κ2) is 9.47. The predicted molar refractivity (Wildman–Crippen MR) is 115 cm³/mol. The maximum Gasteiger partial charge on any atom is 0.161 e. The molecule has 4 heteroatoms. The van der Waals surface area contributed by atoms with Gasteiger partial charge in [-0.05, 0) is 61.4 Å². The summed E-state index contributed by atoms with van der Waals surface area (Å²) in [4.78, 5) is 0. The largest absolute Gasteiger partial charge is 0.490 e. The lowest BCUT2D eigenvalue weighted by Gasteiger charge is -2.14. The second-order valence-corrected chi connectivity index (χ2v) is 7.26. The monoisotopic (exact) mass is 425 g/mol. The fraction of sp³-hybridized carbons (Fsp3) is 0.217. The number of ether oxygens (including phenoxy) is 2. The van der Waals surface area contributed by atoms with E-state index in [1.54, 1.807) is 0 Å². The number of hydrogen-bond donors (Lipinski definition) is 1. The molecule has 0 aliphatic heterocycles. The molecule has 0 atom stereocenters. The van der Waals surface area contributed by atoms with Gasteiger partial charge in [-0.25, -0.2) is 0 Å². The highest BCUT2D eigenvalue weighted by Gasteiger charge is 2.07. The molecule has 140 valence electrons. The molecule has 0 radical (unpaired) electrons. The van der Waals surface area contributed by atoms with Gasteiger partial charge in [0.2, 0.25) is 0 Å². The van der Waals surface area contributed by atoms with Crippen molar-refractivity contribution in [2.24, 2.45) is 0 Å². The molecule has 0 amide bonds. The first-order valence-electron chi connectivity index (χ1n) is 9.07. The van der Waals surface area contributed by atoms with E-state index in [2.05, 4.69) is 58.5 Å². The predicted octanol–water partition coefficient (Wildman–Crippen LogP) is 6.35. The average molecular weight is 426 g/mol. The van der Waals surface area contributed by atoms with Gasteiger partial charge in [0, 0.05) is 16.7 Å². The van der Waals surface area contributed by atoms with Crippen molar-refractivity contribution in [3.63, 3.8) is 0 Å². The van der Waals surface area contributed by atoms with Gasteiger partial charge < -0.3 is 14.8 Å². The lowest BCUT2D eigenvalue weighted by molar-refractivity contribution is 0.269. The minimum Gasteiger partial charge on any atom is -0.490 e. The van der Waals surface area contributed by atoms with Crippen LogP contribution in [-0.4, -0.2) is 6.61 Å². The van der Waals surface area contributed by atoms with Crippen LogP contribution in [0.4, 0.5) is 5.69 Å². The third-order valence-corrected chi connectivity index (χ3v) is 4.69. The normalized spacial score (nSPS) is 10.5. The molecule has 3 rings (SSSR count). The number of rotatable bonds is 8. The van der Waals surface area contributed by atoms with E-state index in [0.29, 0.717) is 13.2 Å². The molecule has 0 aliphatic carbocycles. The minimum absolute atomic E-state index is 0.525. The Bertz CT molecular complexity index is 861. The van der Waals surface area contributed by atoms with Crippen LogP contribution in [0.25, 0.3) is 0 Å². The van der Waals surface area contributed by atoms with Gasteiger partial charge in [-0.1, -0.05) is 51.8 Å². The summed E-state index contributed by atoms with van der Waals surface area (Å²) in [5.41, 5.74) is 4.61. The van der Waals surface area contributed by atoms with Crippen LogP contribution in [0.1, 0.15) is 23.6 Å². The Morgan fingerprint density at radius 3 is 2.22 bits per heavy atom. The smallest absolute Gasteiger partial charge is 0.161 e. The van der Waals surface area contributed by atoms with Gasteiger partial charge in [0.05, 0.1) is 6.61 Å². The summed E-state index contributed by atoms with van der Waals surface area (Å²) >= 11 is 3.45. The van der Waals surface area contributed by atoms with E-state index in [1.165, 1.54) is 5.56 Å². The second-order valence-electron chi connectivity index (χ2n) is 6.35. The molecule has 1 N–H and O–H groups in total. The molecule has 0 spiro atoms. The number of benzene rings is 3. The third kappa shape index (κ3) is 5.76. The van der Waals surface area contributed by atoms with Gasteiger partial charge in [-0.2, -0.15) is 0 Å². The maximum atomic E-state index is 6.00. The zero-order valence-corrected chi connectivity index (χ0v) is 17.3. The first-order valence-corrected chi connectivity index (χ1v) is 9.87. The van der Waals surface area contributed by atoms with Crippen LogP contribution in [0.3, 0.4) is 0 Å². The summed E-state index contributed by atoms with van der Waals surface area (Å²) in [6, 6.07) is 22.6. The molecule has 0 heterocycles. The van der Waals surface area contributed by atoms with Crippen molar-refractivity contribution in [1.29, 1.82) is 0 Å². The van der Waals surface area contributed by atoms with Crippen LogP contribution < -0.4 is 14.8 Å². The lowest BCUT2D eigenvalue weighted by atomic mass is 10.1. The van der Waals surface area contributed by atoms with Crippen molar-refractivity contribution < 1.29 is 9.47 Å². The van der Waals surface area contributed by atoms with Crippen LogP contribution in [0, 0.1) is 6.92 Å². The van der Waals surface area contributed by atoms with Crippen molar-refractivity contribution in [3.05, 3.63) is 87.9 Å². The first-order chi connectivity index (χ1) is 13.1. The van der Waals surface area contributed by atoms with Crippen molar-refractivity contribution in [2.45, 2.75) is 27.0 Å². The number of nitrogens with one attached hydrogen (secondary N) is 1. The zero-order valence-electron chi connectivity index (χ0n) is 15.7. The summed E-state index contributed by atoms with van der Waals surface area (Å²) in [5.74, 6) is 1.55. The summed E-state index contributed by atoms with van der Waals surface area (Å²) < 4.78 is 12.9. The molecule has 0 saturated carbocycles. The van der Waals surface area contributed by atoms with Crippen molar-refractivity contribution in [3.8, 4) is 11.5 Å². The first kappa shape index (κ1) is 19.3. The average Bonchev–Trinajstić information content (AvgIpc) is 2.68. The minimum atomic E-state index is 0.525. The van der Waals surface area contributed by atoms with Crippen LogP contribution in [-0.2, 0) is 13.2 Å². The molecule has 0 fully saturated rings. The third-order valence-electron chi connectivity index (χ3n) is 4.16. The zero-order chi connectivity index (χ0) is 19.1. The van der Waals surface area contributed by atoms with Crippen molar-refractivity contribution >= 4 is 21.6 Å². The van der Waals surface area contributed by atoms with Crippen molar-refractivity contribution in [2.75, 3.05) is 11.9 Å². The van der Waals surface area contributed by atoms with E-state index in [4.69, 9.17) is 9.47 Å². The van der Waals surface area contributed by atoms with Gasteiger partial charge >= 0.3 is 0 Å². The van der Waals surface area contributed by atoms with Crippen LogP contribution in [0.5, 0.6) is 11.5 Å². The summed E-state index contributed by atoms with van der Waals surface area (Å²) in [5, 5.41) is 3.42. The molecule has 0 aromatic heterocycles. The summed E-state index contributed by atoms with van der Waals surface area (Å²) in [6.07, 6.45) is 0. The molecule has 3 nitrogen and oxygen atoms in total. The van der Waals surface area contributed by atoms with E-state index in [-0.39, 0.29) is 0 Å². The quantitative estimate of drug-likeness (QED) is 0.456. The number of anilines is 1. The standard InChI is InChI=1S/C23H24BrNO2/c1-3-26-23-14-19(15-25-21-11-9-20(24)10-12-21)8-13-22(23)27-16-18-6-4-17(2)5-7-18/h4-14,25H,3,15-16H2,1-2H3. The van der Waals surface area contributed by atoms with E-state index >= 15 is 0 Å². The van der Waals surface area contributed by atoms with Gasteiger partial charge in [-0.15, -0.1) is 0 Å². The highest BCUT2D eigenvalue weighted by Crippen LogP contribution is 2.29. The number of hydrogen-bond acceptors (Lipinski definition) is 3. The molecule has 0 aliphatic rings. The highest BCUT2D eigenvalue weighted by atomic mass is 79.9. The van der Waals surface area contributed by atoms with Gasteiger partial charge in [0.15, 0.2) is 11.5 Å². The Kier molecular flexibility index (Phi) is 6.77. The fourth-order valence-electron chi connectivity index (χ4n) is 2.67. The van der Waals surface area contributed by atoms with Crippen LogP contribution in [0.2, 0.25) is 0 Å². The topological polar surface area (TPSA) is 30.5 Å². The van der Waals surface area contributed by atoms with Gasteiger partial charge in [0.25, 0.3) is 0 Å². The Morgan fingerprint density at radius 2 is 1.52 bits per heavy atom. The van der Waals surface area contributed by atoms with Crippen molar-refractivity contribution in [1.82, 2.24) is 0 Å². The molecular weight excluding hydrogens is 402 g/mol. The SMILES string of the molecule is CCOc1cc(CNc2ccc(Br)cc2)ccc1OCc1ccc(C)cc1. The Labute approximate surface area is 169 Å². The van der Waals surface area contributed by atoms with E-state index in [1.807, 2.05) is 43.3 Å². The van der Waals surface area contributed by atoms with E-state index in [0.717, 1.165) is 39.3 Å². The Morgan fingerprint density at radius 1 is 0.815 bits per heavy atom. The fourth-order valence-corrected chi connectivity index (χ4v) is 2.93. The molecule has 27 heavy (non-hydrogen) atoms. The van der Waals surface area contributed by atoms with Gasteiger partial charge in [-0.3, -0.25) is 0 Å².